The van der Waals surface area contributed by atoms with Gasteiger partial charge in [0.25, 0.3) is 0 Å². The second-order valence-corrected chi connectivity index (χ2v) is 16.6. The molecule has 2 bridgehead atoms. The van der Waals surface area contributed by atoms with Gasteiger partial charge in [-0.05, 0) is 27.2 Å². The molecule has 8 fully saturated rings. The Labute approximate surface area is 311 Å². The Morgan fingerprint density at radius 2 is 1.59 bits per heavy atom. The maximum atomic E-state index is 14.4. The summed E-state index contributed by atoms with van der Waals surface area (Å²) in [6.45, 7) is 8.24. The van der Waals surface area contributed by atoms with E-state index in [4.69, 9.17) is 47.4 Å². The lowest BCUT2D eigenvalue weighted by Crippen LogP contribution is -2.79. The molecule has 5 heterocycles. The van der Waals surface area contributed by atoms with Crippen LogP contribution in [0.5, 0.6) is 0 Å². The van der Waals surface area contributed by atoms with Crippen LogP contribution in [0.4, 0.5) is 0 Å². The molecule has 8 rings (SSSR count). The van der Waals surface area contributed by atoms with Gasteiger partial charge in [-0.2, -0.15) is 0 Å². The Morgan fingerprint density at radius 1 is 0.889 bits per heavy atom. The number of aliphatic hydroxyl groups is 2. The molecule has 1 spiro atoms. The van der Waals surface area contributed by atoms with Crippen molar-refractivity contribution in [1.29, 1.82) is 0 Å². The van der Waals surface area contributed by atoms with Crippen LogP contribution in [0.1, 0.15) is 60.8 Å². The van der Waals surface area contributed by atoms with Crippen LogP contribution in [0, 0.1) is 34.0 Å². The van der Waals surface area contributed by atoms with E-state index in [-0.39, 0.29) is 31.4 Å². The zero-order valence-electron chi connectivity index (χ0n) is 31.5. The van der Waals surface area contributed by atoms with E-state index in [0.29, 0.717) is 0 Å². The molecule has 3 aliphatic carbocycles. The number of hydrogen-bond donors (Lipinski definition) is 2. The molecular weight excluding hydrogens is 716 g/mol. The minimum absolute atomic E-state index is 0.224. The highest BCUT2D eigenvalue weighted by Crippen LogP contribution is 2.83. The topological polar surface area (TPSA) is 221 Å². The van der Waals surface area contributed by atoms with E-state index >= 15 is 0 Å². The molecule has 17 heteroatoms. The summed E-state index contributed by atoms with van der Waals surface area (Å²) < 4.78 is 61.2. The smallest absolute Gasteiger partial charge is 0.379 e. The number of allylic oxidation sites excluding steroid dienone is 1. The summed E-state index contributed by atoms with van der Waals surface area (Å²) in [6.07, 6.45) is -5.72. The lowest BCUT2D eigenvalue weighted by molar-refractivity contribution is -0.318. The molecule has 0 amide bonds. The second-order valence-electron chi connectivity index (χ2n) is 16.6. The zero-order chi connectivity index (χ0) is 39.2. The molecule has 2 N–H and O–H groups in total. The summed E-state index contributed by atoms with van der Waals surface area (Å²) in [4.78, 5) is 68.5. The molecule has 0 unspecified atom stereocenters. The highest BCUT2D eigenvalue weighted by molar-refractivity contribution is 5.88. The van der Waals surface area contributed by atoms with Crippen LogP contribution >= 0.6 is 0 Å². The number of aliphatic hydroxyl groups excluding tert-OH is 1. The van der Waals surface area contributed by atoms with E-state index in [0.717, 1.165) is 21.1 Å². The van der Waals surface area contributed by atoms with Gasteiger partial charge in [0.15, 0.2) is 6.29 Å². The lowest BCUT2D eigenvalue weighted by atomic mass is 9.37. The van der Waals surface area contributed by atoms with Crippen LogP contribution in [0.3, 0.4) is 0 Å². The molecule has 16 atom stereocenters. The second kappa shape index (κ2) is 11.7. The van der Waals surface area contributed by atoms with E-state index in [1.165, 1.54) is 6.92 Å². The SMILES string of the molecule is C/C=C(\C)C(=O)O[C@H]1C[C@@H](OC(C)=O)[C@@]2(C(=O)OC)CO[C@H]3[C@@H](O)[C@@](C)([C@]45O[C@@]4(C)[C@H]4C[C@@H]5O[C@@H]5OCC[C@@]54O)[C@@H]4[C@@](OC(C)=O)(C(=O)OC)OC[C@@]14[C@@H]32. The number of rotatable bonds is 7. The fourth-order valence-electron chi connectivity index (χ4n) is 12.8. The first-order valence-electron chi connectivity index (χ1n) is 18.4. The van der Waals surface area contributed by atoms with Gasteiger partial charge in [0, 0.05) is 54.9 Å². The van der Waals surface area contributed by atoms with Gasteiger partial charge in [0.2, 0.25) is 0 Å². The van der Waals surface area contributed by atoms with Gasteiger partial charge in [-0.25, -0.2) is 9.59 Å². The molecule has 0 aromatic rings. The number of epoxide rings is 1. The third kappa shape index (κ3) is 4.06. The molecule has 0 radical (unpaired) electrons. The Bertz CT molecular complexity index is 1730. The predicted molar refractivity (Wildman–Crippen MR) is 174 cm³/mol. The number of carbonyl (C=O) groups is 5. The van der Waals surface area contributed by atoms with Crippen LogP contribution in [-0.4, -0.2) is 133 Å². The van der Waals surface area contributed by atoms with Crippen molar-refractivity contribution in [1.82, 2.24) is 0 Å². The molecule has 3 saturated carbocycles. The number of hydrogen-bond acceptors (Lipinski definition) is 17. The molecule has 5 saturated heterocycles. The molecule has 0 aromatic heterocycles. The Kier molecular flexibility index (Phi) is 8.16. The number of carbonyl (C=O) groups excluding carboxylic acids is 5. The van der Waals surface area contributed by atoms with E-state index in [2.05, 4.69) is 0 Å². The zero-order valence-corrected chi connectivity index (χ0v) is 31.5. The van der Waals surface area contributed by atoms with Crippen molar-refractivity contribution in [3.63, 3.8) is 0 Å². The van der Waals surface area contributed by atoms with Gasteiger partial charge in [0.1, 0.15) is 34.4 Å². The quantitative estimate of drug-likeness (QED) is 0.153. The number of methoxy groups -OCH3 is 2. The summed E-state index contributed by atoms with van der Waals surface area (Å²) >= 11 is 0. The van der Waals surface area contributed by atoms with Crippen LogP contribution in [0.15, 0.2) is 11.6 Å². The first-order chi connectivity index (χ1) is 25.4. The van der Waals surface area contributed by atoms with Gasteiger partial charge >= 0.3 is 35.6 Å². The standard InChI is InChI=1S/C37H48O17/c1-9-16(2)26(41)51-20-13-21(50-17(3)38)34(28(42)45-7)14-48-23-24(34)33(20)15-49-36(29(43)46-8,53-18(4)39)27(33)31(5,25(23)40)37-22-12-19(32(37,6)54-37)35(44)10-11-47-30(35)52-22/h9,19-25,27,30,40,44H,10-15H2,1-8H3/b16-9+/t19-,20+,21-,22+,23-,24-,25-,27+,30+,31-,32+,33+,34+,35+,36-,37+/m1/s1. The van der Waals surface area contributed by atoms with Crippen LogP contribution in [0.25, 0.3) is 0 Å². The van der Waals surface area contributed by atoms with Crippen molar-refractivity contribution < 1.29 is 81.6 Å². The number of esters is 5. The van der Waals surface area contributed by atoms with Gasteiger partial charge in [-0.3, -0.25) is 14.4 Å². The Morgan fingerprint density at radius 3 is 2.22 bits per heavy atom. The summed E-state index contributed by atoms with van der Waals surface area (Å²) in [5.41, 5.74) is -9.41. The Hall–Kier alpha value is -3.19. The molecule has 0 aromatic carbocycles. The molecule has 298 valence electrons. The first-order valence-corrected chi connectivity index (χ1v) is 18.4. The summed E-state index contributed by atoms with van der Waals surface area (Å²) in [5, 5.41) is 25.2. The molecule has 8 aliphatic rings. The maximum Gasteiger partial charge on any atom is 0.379 e. The van der Waals surface area contributed by atoms with Crippen molar-refractivity contribution in [3.8, 4) is 0 Å². The normalized spacial score (nSPS) is 51.9. The minimum Gasteiger partial charge on any atom is -0.468 e. The van der Waals surface area contributed by atoms with Gasteiger partial charge in [0.05, 0.1) is 58.3 Å². The highest BCUT2D eigenvalue weighted by atomic mass is 16.8. The van der Waals surface area contributed by atoms with Crippen molar-refractivity contribution in [2.24, 2.45) is 34.0 Å². The van der Waals surface area contributed by atoms with Crippen LogP contribution < -0.4 is 0 Å². The molecule has 17 nitrogen and oxygen atoms in total. The van der Waals surface area contributed by atoms with Crippen molar-refractivity contribution >= 4 is 29.8 Å². The average Bonchev–Trinajstić information content (AvgIpc) is 3.51. The van der Waals surface area contributed by atoms with E-state index in [1.807, 2.05) is 0 Å². The molecular formula is C37H48O17. The maximum absolute atomic E-state index is 14.4. The van der Waals surface area contributed by atoms with E-state index in [9.17, 15) is 34.2 Å². The van der Waals surface area contributed by atoms with Crippen LogP contribution in [0.2, 0.25) is 0 Å². The highest BCUT2D eigenvalue weighted by Gasteiger charge is 2.97. The van der Waals surface area contributed by atoms with Gasteiger partial charge in [-0.15, -0.1) is 0 Å². The molecule has 5 aliphatic heterocycles. The van der Waals surface area contributed by atoms with Crippen molar-refractivity contribution in [2.45, 2.75) is 120 Å². The van der Waals surface area contributed by atoms with E-state index < -0.39 is 136 Å². The summed E-state index contributed by atoms with van der Waals surface area (Å²) in [6, 6.07) is 0. The fraction of sp³-hybridized carbons (Fsp3) is 0.811. The Balaban J connectivity index is 1.43. The largest absolute Gasteiger partial charge is 0.468 e. The van der Waals surface area contributed by atoms with Crippen molar-refractivity contribution in [3.05, 3.63) is 11.6 Å². The van der Waals surface area contributed by atoms with Gasteiger partial charge < -0.3 is 57.6 Å². The lowest BCUT2D eigenvalue weighted by Gasteiger charge is -2.65. The number of fused-ring (bicyclic) bond motifs is 7. The van der Waals surface area contributed by atoms with Crippen molar-refractivity contribution in [2.75, 3.05) is 34.0 Å². The van der Waals surface area contributed by atoms with Crippen LogP contribution in [-0.2, 0) is 71.3 Å². The van der Waals surface area contributed by atoms with E-state index in [1.54, 1.807) is 33.8 Å². The minimum atomic E-state index is -2.64. The number of ether oxygens (including phenoxy) is 10. The fourth-order valence-corrected chi connectivity index (χ4v) is 12.8. The average molecular weight is 765 g/mol. The van der Waals surface area contributed by atoms with Gasteiger partial charge in [-0.1, -0.05) is 13.0 Å². The summed E-state index contributed by atoms with van der Waals surface area (Å²) in [7, 11) is 2.24. The third-order valence-corrected chi connectivity index (χ3v) is 14.7. The monoisotopic (exact) mass is 764 g/mol. The molecule has 54 heavy (non-hydrogen) atoms. The predicted octanol–water partition coefficient (Wildman–Crippen LogP) is 0.244. The first kappa shape index (κ1) is 37.7. The summed E-state index contributed by atoms with van der Waals surface area (Å²) in [5.74, 6) is -10.4. The third-order valence-electron chi connectivity index (χ3n) is 14.7.